The average molecular weight is 351 g/mol. The lowest BCUT2D eigenvalue weighted by molar-refractivity contribution is 0.164. The second-order valence-electron chi connectivity index (χ2n) is 6.92. The molecule has 2 aromatic carbocycles. The standard InChI is InChI=1S/C21H22FN3O/c22-19-8-6-18(7-9-19)21-24-23-20(26-21)15-25-12-10-17(11-13-25)14-16-4-2-1-3-5-16/h1-9,17H,10-15H2. The normalized spacial score (nSPS) is 16.0. The Morgan fingerprint density at radius 1 is 0.962 bits per heavy atom. The maximum absolute atomic E-state index is 13.0. The zero-order valence-electron chi connectivity index (χ0n) is 14.6. The van der Waals surface area contributed by atoms with Gasteiger partial charge in [0.1, 0.15) is 5.82 Å². The summed E-state index contributed by atoms with van der Waals surface area (Å²) >= 11 is 0. The van der Waals surface area contributed by atoms with E-state index < -0.39 is 0 Å². The van der Waals surface area contributed by atoms with E-state index in [1.807, 2.05) is 0 Å². The first-order chi connectivity index (χ1) is 12.8. The second kappa shape index (κ2) is 7.79. The monoisotopic (exact) mass is 351 g/mol. The van der Waals surface area contributed by atoms with Gasteiger partial charge in [0.25, 0.3) is 0 Å². The van der Waals surface area contributed by atoms with Crippen molar-refractivity contribution in [3.05, 3.63) is 71.9 Å². The van der Waals surface area contributed by atoms with Crippen LogP contribution < -0.4 is 0 Å². The number of aromatic nitrogens is 2. The molecule has 0 amide bonds. The van der Waals surface area contributed by atoms with Crippen molar-refractivity contribution in [3.63, 3.8) is 0 Å². The van der Waals surface area contributed by atoms with Crippen LogP contribution in [-0.4, -0.2) is 28.2 Å². The van der Waals surface area contributed by atoms with Gasteiger partial charge in [-0.25, -0.2) is 4.39 Å². The Bertz CT molecular complexity index is 824. The Labute approximate surface area is 152 Å². The van der Waals surface area contributed by atoms with Gasteiger partial charge in [-0.1, -0.05) is 30.3 Å². The van der Waals surface area contributed by atoms with Crippen molar-refractivity contribution in [3.8, 4) is 11.5 Å². The van der Waals surface area contributed by atoms with Crippen LogP contribution in [0.3, 0.4) is 0 Å². The molecule has 0 radical (unpaired) electrons. The number of halogens is 1. The van der Waals surface area contributed by atoms with E-state index in [2.05, 4.69) is 45.4 Å². The molecule has 1 aliphatic rings. The van der Waals surface area contributed by atoms with Gasteiger partial charge in [0.05, 0.1) is 6.54 Å². The quantitative estimate of drug-likeness (QED) is 0.686. The third-order valence-corrected chi connectivity index (χ3v) is 4.99. The molecular formula is C21H22FN3O. The molecule has 0 N–H and O–H groups in total. The fourth-order valence-corrected chi connectivity index (χ4v) is 3.51. The van der Waals surface area contributed by atoms with Crippen molar-refractivity contribution >= 4 is 0 Å². The minimum atomic E-state index is -0.271. The lowest BCUT2D eigenvalue weighted by Gasteiger charge is -2.31. The van der Waals surface area contributed by atoms with Crippen molar-refractivity contribution in [2.75, 3.05) is 13.1 Å². The molecule has 2 heterocycles. The summed E-state index contributed by atoms with van der Waals surface area (Å²) in [5, 5.41) is 8.23. The van der Waals surface area contributed by atoms with E-state index >= 15 is 0 Å². The van der Waals surface area contributed by atoms with Crippen molar-refractivity contribution in [2.45, 2.75) is 25.8 Å². The predicted molar refractivity (Wildman–Crippen MR) is 97.8 cm³/mol. The molecule has 0 saturated carbocycles. The first-order valence-electron chi connectivity index (χ1n) is 9.11. The first kappa shape index (κ1) is 16.9. The predicted octanol–water partition coefficient (Wildman–Crippen LogP) is 4.33. The molecule has 0 spiro atoms. The minimum absolute atomic E-state index is 0.271. The summed E-state index contributed by atoms with van der Waals surface area (Å²) in [6, 6.07) is 16.8. The molecule has 4 rings (SSSR count). The number of likely N-dealkylation sites (tertiary alicyclic amines) is 1. The summed E-state index contributed by atoms with van der Waals surface area (Å²) < 4.78 is 18.8. The molecule has 1 aromatic heterocycles. The molecular weight excluding hydrogens is 329 g/mol. The molecule has 5 heteroatoms. The Balaban J connectivity index is 1.30. The maximum Gasteiger partial charge on any atom is 0.247 e. The van der Waals surface area contributed by atoms with Crippen LogP contribution in [0.2, 0.25) is 0 Å². The molecule has 0 aliphatic carbocycles. The molecule has 0 atom stereocenters. The van der Waals surface area contributed by atoms with Crippen LogP contribution in [0.25, 0.3) is 11.5 Å². The van der Waals surface area contributed by atoms with Gasteiger partial charge in [0, 0.05) is 5.56 Å². The summed E-state index contributed by atoms with van der Waals surface area (Å²) in [6.45, 7) is 2.77. The number of hydrogen-bond acceptors (Lipinski definition) is 4. The van der Waals surface area contributed by atoms with E-state index in [4.69, 9.17) is 4.42 Å². The van der Waals surface area contributed by atoms with Crippen LogP contribution in [0, 0.1) is 11.7 Å². The highest BCUT2D eigenvalue weighted by Gasteiger charge is 2.21. The lowest BCUT2D eigenvalue weighted by atomic mass is 9.90. The Kier molecular flexibility index (Phi) is 5.07. The van der Waals surface area contributed by atoms with Gasteiger partial charge >= 0.3 is 0 Å². The zero-order valence-corrected chi connectivity index (χ0v) is 14.6. The number of rotatable bonds is 5. The van der Waals surface area contributed by atoms with Gasteiger partial charge in [-0.2, -0.15) is 0 Å². The van der Waals surface area contributed by atoms with Crippen LogP contribution in [0.1, 0.15) is 24.3 Å². The molecule has 134 valence electrons. The van der Waals surface area contributed by atoms with Gasteiger partial charge in [-0.05, 0) is 68.1 Å². The van der Waals surface area contributed by atoms with E-state index in [0.717, 1.165) is 31.0 Å². The van der Waals surface area contributed by atoms with E-state index in [0.29, 0.717) is 18.3 Å². The van der Waals surface area contributed by atoms with Crippen molar-refractivity contribution in [2.24, 2.45) is 5.92 Å². The van der Waals surface area contributed by atoms with E-state index in [1.54, 1.807) is 12.1 Å². The smallest absolute Gasteiger partial charge is 0.247 e. The third-order valence-electron chi connectivity index (χ3n) is 4.99. The van der Waals surface area contributed by atoms with Crippen LogP contribution in [0.5, 0.6) is 0 Å². The highest BCUT2D eigenvalue weighted by molar-refractivity contribution is 5.51. The first-order valence-corrected chi connectivity index (χ1v) is 9.11. The fourth-order valence-electron chi connectivity index (χ4n) is 3.51. The van der Waals surface area contributed by atoms with Crippen molar-refractivity contribution in [1.29, 1.82) is 0 Å². The van der Waals surface area contributed by atoms with E-state index in [1.165, 1.54) is 30.5 Å². The van der Waals surface area contributed by atoms with Gasteiger partial charge in [-0.3, -0.25) is 4.90 Å². The molecule has 1 saturated heterocycles. The summed E-state index contributed by atoms with van der Waals surface area (Å²) in [6.07, 6.45) is 3.53. The van der Waals surface area contributed by atoms with Crippen LogP contribution in [0.15, 0.2) is 59.0 Å². The number of piperidine rings is 1. The SMILES string of the molecule is Fc1ccc(-c2nnc(CN3CCC(Cc4ccccc4)CC3)o2)cc1. The highest BCUT2D eigenvalue weighted by atomic mass is 19.1. The summed E-state index contributed by atoms with van der Waals surface area (Å²) in [4.78, 5) is 2.36. The maximum atomic E-state index is 13.0. The van der Waals surface area contributed by atoms with Gasteiger partial charge < -0.3 is 4.42 Å². The second-order valence-corrected chi connectivity index (χ2v) is 6.92. The Morgan fingerprint density at radius 2 is 1.69 bits per heavy atom. The topological polar surface area (TPSA) is 42.2 Å². The molecule has 4 nitrogen and oxygen atoms in total. The molecule has 3 aromatic rings. The Morgan fingerprint density at radius 3 is 2.42 bits per heavy atom. The Hall–Kier alpha value is -2.53. The molecule has 1 aliphatic heterocycles. The van der Waals surface area contributed by atoms with Gasteiger partial charge in [-0.15, -0.1) is 10.2 Å². The summed E-state index contributed by atoms with van der Waals surface area (Å²) in [5.74, 6) is 1.53. The van der Waals surface area contributed by atoms with Gasteiger partial charge in [0.15, 0.2) is 0 Å². The van der Waals surface area contributed by atoms with Crippen LogP contribution in [0.4, 0.5) is 4.39 Å². The zero-order chi connectivity index (χ0) is 17.8. The highest BCUT2D eigenvalue weighted by Crippen LogP contribution is 2.24. The molecule has 0 unspecified atom stereocenters. The average Bonchev–Trinajstić information content (AvgIpc) is 3.13. The van der Waals surface area contributed by atoms with Crippen molar-refractivity contribution in [1.82, 2.24) is 15.1 Å². The number of benzene rings is 2. The van der Waals surface area contributed by atoms with Crippen LogP contribution >= 0.6 is 0 Å². The largest absolute Gasteiger partial charge is 0.419 e. The van der Waals surface area contributed by atoms with Crippen LogP contribution in [-0.2, 0) is 13.0 Å². The summed E-state index contributed by atoms with van der Waals surface area (Å²) in [5.41, 5.74) is 2.17. The minimum Gasteiger partial charge on any atom is -0.419 e. The lowest BCUT2D eigenvalue weighted by Crippen LogP contribution is -2.33. The van der Waals surface area contributed by atoms with Gasteiger partial charge in [0.2, 0.25) is 11.8 Å². The molecule has 1 fully saturated rings. The number of nitrogens with zero attached hydrogens (tertiary/aromatic N) is 3. The molecule has 26 heavy (non-hydrogen) atoms. The number of hydrogen-bond donors (Lipinski definition) is 0. The van der Waals surface area contributed by atoms with E-state index in [-0.39, 0.29) is 5.82 Å². The van der Waals surface area contributed by atoms with Crippen molar-refractivity contribution < 1.29 is 8.81 Å². The molecule has 0 bridgehead atoms. The summed E-state index contributed by atoms with van der Waals surface area (Å²) in [7, 11) is 0. The fraction of sp³-hybridized carbons (Fsp3) is 0.333. The third kappa shape index (κ3) is 4.17. The van der Waals surface area contributed by atoms with E-state index in [9.17, 15) is 4.39 Å².